The average molecular weight is 440 g/mol. The van der Waals surface area contributed by atoms with Gasteiger partial charge in [0.25, 0.3) is 5.56 Å². The molecule has 3 rings (SSSR count). The Morgan fingerprint density at radius 2 is 1.96 bits per heavy atom. The molecular formula is C14H22N2O10P2. The fourth-order valence-corrected chi connectivity index (χ4v) is 5.39. The maximum Gasteiger partial charge on any atom is 0.330 e. The van der Waals surface area contributed by atoms with Crippen molar-refractivity contribution in [3.63, 3.8) is 0 Å². The highest BCUT2D eigenvalue weighted by atomic mass is 31.2. The highest BCUT2D eigenvalue weighted by Crippen LogP contribution is 2.62. The minimum atomic E-state index is -4.38. The number of aromatic amines is 1. The molecule has 1 aromatic rings. The standard InChI is InChI=1S/C14H22N2O10P2/c1-3-27(19,20)26-11-10(7-6-8(7)28(21,22)23)25-13(12(11)24-2)16-5-4-9(17)15-14(16)18/h4-5,7-8,10-13H,3,6H2,1-2H3,(H,19,20)(H,15,17,18)(H2,21,22,23). The molecule has 0 amide bonds. The smallest absolute Gasteiger partial charge is 0.330 e. The normalized spacial score (nSPS) is 34.9. The Morgan fingerprint density at radius 3 is 2.46 bits per heavy atom. The summed E-state index contributed by atoms with van der Waals surface area (Å²) in [4.78, 5) is 54.3. The molecule has 2 fully saturated rings. The zero-order chi connectivity index (χ0) is 20.9. The molecule has 14 heteroatoms. The lowest BCUT2D eigenvalue weighted by atomic mass is 10.1. The summed E-state index contributed by atoms with van der Waals surface area (Å²) < 4.78 is 41.4. The van der Waals surface area contributed by atoms with Crippen molar-refractivity contribution in [3.05, 3.63) is 33.1 Å². The lowest BCUT2D eigenvalue weighted by Crippen LogP contribution is -2.39. The van der Waals surface area contributed by atoms with Gasteiger partial charge < -0.3 is 24.2 Å². The van der Waals surface area contributed by atoms with Gasteiger partial charge in [-0.3, -0.25) is 28.0 Å². The van der Waals surface area contributed by atoms with Gasteiger partial charge in [-0.05, 0) is 6.42 Å². The molecule has 28 heavy (non-hydrogen) atoms. The predicted octanol–water partition coefficient (Wildman–Crippen LogP) is -0.394. The maximum absolute atomic E-state index is 12.2. The molecule has 0 spiro atoms. The fourth-order valence-electron chi connectivity index (χ4n) is 3.44. The largest absolute Gasteiger partial charge is 0.374 e. The molecule has 2 aliphatic rings. The quantitative estimate of drug-likeness (QED) is 0.408. The number of hydrogen-bond donors (Lipinski definition) is 4. The molecule has 1 saturated carbocycles. The monoisotopic (exact) mass is 440 g/mol. The van der Waals surface area contributed by atoms with Gasteiger partial charge in [0.1, 0.15) is 12.2 Å². The van der Waals surface area contributed by atoms with E-state index >= 15 is 0 Å². The van der Waals surface area contributed by atoms with Crippen molar-refractivity contribution < 1.29 is 37.8 Å². The van der Waals surface area contributed by atoms with E-state index in [0.717, 1.165) is 10.6 Å². The first-order valence-electron chi connectivity index (χ1n) is 8.53. The number of ether oxygens (including phenoxy) is 2. The SMILES string of the molecule is CCP(=O)(O)OC1C(C2CC2P(=O)(O)O)OC(n2ccc(=O)[nH]c2=O)C1OC. The van der Waals surface area contributed by atoms with Crippen molar-refractivity contribution in [1.29, 1.82) is 0 Å². The Morgan fingerprint density at radius 1 is 1.29 bits per heavy atom. The Labute approximate surface area is 159 Å². The van der Waals surface area contributed by atoms with E-state index in [4.69, 9.17) is 14.0 Å². The molecule has 4 N–H and O–H groups in total. The van der Waals surface area contributed by atoms with E-state index < -0.39 is 62.6 Å². The van der Waals surface area contributed by atoms with Gasteiger partial charge in [-0.1, -0.05) is 6.92 Å². The zero-order valence-electron chi connectivity index (χ0n) is 15.1. The van der Waals surface area contributed by atoms with Crippen LogP contribution in [0, 0.1) is 5.92 Å². The van der Waals surface area contributed by atoms with Crippen LogP contribution < -0.4 is 11.2 Å². The topological polar surface area (TPSA) is 177 Å². The molecule has 0 aromatic carbocycles. The minimum Gasteiger partial charge on any atom is -0.374 e. The van der Waals surface area contributed by atoms with Crippen LogP contribution in [0.25, 0.3) is 0 Å². The third-order valence-electron chi connectivity index (χ3n) is 4.97. The van der Waals surface area contributed by atoms with Gasteiger partial charge in [0.15, 0.2) is 6.23 Å². The van der Waals surface area contributed by atoms with Crippen LogP contribution in [0.5, 0.6) is 0 Å². The van der Waals surface area contributed by atoms with E-state index in [1.54, 1.807) is 0 Å². The predicted molar refractivity (Wildman–Crippen MR) is 95.2 cm³/mol. The van der Waals surface area contributed by atoms with Crippen LogP contribution in [0.15, 0.2) is 21.9 Å². The molecule has 12 nitrogen and oxygen atoms in total. The first-order chi connectivity index (χ1) is 13.0. The summed E-state index contributed by atoms with van der Waals surface area (Å²) in [6, 6.07) is 1.10. The van der Waals surface area contributed by atoms with Crippen LogP contribution in [-0.4, -0.2) is 61.5 Å². The Kier molecular flexibility index (Phi) is 5.88. The minimum absolute atomic E-state index is 0.139. The van der Waals surface area contributed by atoms with Crippen molar-refractivity contribution in [2.45, 2.75) is 43.5 Å². The molecule has 0 radical (unpaired) electrons. The highest BCUT2D eigenvalue weighted by molar-refractivity contribution is 7.53. The second-order valence-electron chi connectivity index (χ2n) is 6.79. The second-order valence-corrected chi connectivity index (χ2v) is 10.7. The third kappa shape index (κ3) is 4.24. The molecular weight excluding hydrogens is 418 g/mol. The van der Waals surface area contributed by atoms with Crippen molar-refractivity contribution in [1.82, 2.24) is 9.55 Å². The van der Waals surface area contributed by atoms with E-state index in [1.807, 2.05) is 0 Å². The van der Waals surface area contributed by atoms with Crippen molar-refractivity contribution in [3.8, 4) is 0 Å². The number of nitrogens with one attached hydrogen (secondary N) is 1. The van der Waals surface area contributed by atoms with E-state index in [-0.39, 0.29) is 12.6 Å². The first-order valence-corrected chi connectivity index (χ1v) is 12.0. The van der Waals surface area contributed by atoms with Crippen LogP contribution in [0.3, 0.4) is 0 Å². The molecule has 0 bridgehead atoms. The second kappa shape index (κ2) is 7.62. The third-order valence-corrected chi connectivity index (χ3v) is 7.80. The van der Waals surface area contributed by atoms with Crippen molar-refractivity contribution >= 4 is 15.2 Å². The van der Waals surface area contributed by atoms with Gasteiger partial charge in [0.2, 0.25) is 0 Å². The molecule has 158 valence electrons. The number of H-pyrrole nitrogens is 1. The Balaban J connectivity index is 1.97. The molecule has 1 aliphatic carbocycles. The number of methoxy groups -OCH3 is 1. The summed E-state index contributed by atoms with van der Waals surface area (Å²) in [7, 11) is -7.11. The molecule has 1 aromatic heterocycles. The first kappa shape index (κ1) is 21.6. The van der Waals surface area contributed by atoms with Crippen LogP contribution >= 0.6 is 15.2 Å². The van der Waals surface area contributed by atoms with Crippen molar-refractivity contribution in [2.75, 3.05) is 13.3 Å². The number of hydrogen-bond acceptors (Lipinski definition) is 7. The van der Waals surface area contributed by atoms with E-state index in [1.165, 1.54) is 20.2 Å². The van der Waals surface area contributed by atoms with Crippen LogP contribution in [0.1, 0.15) is 19.6 Å². The number of aromatic nitrogens is 2. The molecule has 7 unspecified atom stereocenters. The van der Waals surface area contributed by atoms with Crippen LogP contribution in [-0.2, 0) is 23.1 Å². The van der Waals surface area contributed by atoms with Gasteiger partial charge in [-0.2, -0.15) is 0 Å². The van der Waals surface area contributed by atoms with Gasteiger partial charge in [-0.25, -0.2) is 4.79 Å². The summed E-state index contributed by atoms with van der Waals surface area (Å²) in [5, 5.41) is 0. The zero-order valence-corrected chi connectivity index (χ0v) is 16.9. The molecule has 1 saturated heterocycles. The van der Waals surface area contributed by atoms with Crippen molar-refractivity contribution in [2.24, 2.45) is 5.92 Å². The number of nitrogens with zero attached hydrogens (tertiary/aromatic N) is 1. The summed E-state index contributed by atoms with van der Waals surface area (Å²) in [5.41, 5.74) is -2.37. The van der Waals surface area contributed by atoms with Crippen LogP contribution in [0.2, 0.25) is 0 Å². The van der Waals surface area contributed by atoms with E-state index in [0.29, 0.717) is 0 Å². The van der Waals surface area contributed by atoms with E-state index in [9.17, 15) is 33.4 Å². The molecule has 7 atom stereocenters. The molecule has 1 aliphatic heterocycles. The van der Waals surface area contributed by atoms with E-state index in [2.05, 4.69) is 4.98 Å². The Hall–Kier alpha value is -1.10. The summed E-state index contributed by atoms with van der Waals surface area (Å²) in [6.07, 6.45) is -3.16. The maximum atomic E-state index is 12.2. The van der Waals surface area contributed by atoms with Crippen LogP contribution in [0.4, 0.5) is 0 Å². The number of rotatable bonds is 7. The lowest BCUT2D eigenvalue weighted by molar-refractivity contribution is -0.0571. The average Bonchev–Trinajstić information content (AvgIpc) is 3.32. The lowest BCUT2D eigenvalue weighted by Gasteiger charge is -2.25. The highest BCUT2D eigenvalue weighted by Gasteiger charge is 2.61. The summed E-state index contributed by atoms with van der Waals surface area (Å²) >= 11 is 0. The van der Waals surface area contributed by atoms with Gasteiger partial charge in [0.05, 0.1) is 11.8 Å². The summed E-state index contributed by atoms with van der Waals surface area (Å²) in [6.45, 7) is 1.45. The fraction of sp³-hybridized carbons (Fsp3) is 0.714. The van der Waals surface area contributed by atoms with Gasteiger partial charge in [-0.15, -0.1) is 0 Å². The van der Waals surface area contributed by atoms with Gasteiger partial charge in [0, 0.05) is 31.5 Å². The summed E-state index contributed by atoms with van der Waals surface area (Å²) in [5.74, 6) is -0.635. The van der Waals surface area contributed by atoms with Gasteiger partial charge >= 0.3 is 20.9 Å². The Bertz CT molecular complexity index is 939. The molecule has 2 heterocycles.